The van der Waals surface area contributed by atoms with E-state index in [9.17, 15) is 4.79 Å². The minimum Gasteiger partial charge on any atom is -0.378 e. The van der Waals surface area contributed by atoms with Gasteiger partial charge in [0.2, 0.25) is 0 Å². The van der Waals surface area contributed by atoms with Gasteiger partial charge in [-0.1, -0.05) is 12.1 Å². The van der Waals surface area contributed by atoms with Crippen molar-refractivity contribution >= 4 is 11.7 Å². The van der Waals surface area contributed by atoms with Crippen LogP contribution in [0.25, 0.3) is 0 Å². The number of carbonyl (C=O) groups excluding carboxylic acids is 1. The molecule has 0 aliphatic rings. The molecular formula is C10H15N3O. The molecule has 1 aromatic carbocycles. The summed E-state index contributed by atoms with van der Waals surface area (Å²) in [6, 6.07) is 7.42. The van der Waals surface area contributed by atoms with E-state index >= 15 is 0 Å². The summed E-state index contributed by atoms with van der Waals surface area (Å²) in [7, 11) is 3.95. The molecule has 0 saturated heterocycles. The van der Waals surface area contributed by atoms with E-state index in [-0.39, 0.29) is 0 Å². The van der Waals surface area contributed by atoms with Crippen LogP contribution in [-0.2, 0) is 6.54 Å². The number of hydrogen-bond donors (Lipinski definition) is 2. The first kappa shape index (κ1) is 10.4. The maximum Gasteiger partial charge on any atom is 0.312 e. The van der Waals surface area contributed by atoms with Gasteiger partial charge in [-0.05, 0) is 17.7 Å². The van der Waals surface area contributed by atoms with Gasteiger partial charge >= 0.3 is 6.03 Å². The molecule has 0 aliphatic carbocycles. The monoisotopic (exact) mass is 193 g/mol. The Labute approximate surface area is 83.7 Å². The van der Waals surface area contributed by atoms with Crippen LogP contribution in [0.2, 0.25) is 0 Å². The van der Waals surface area contributed by atoms with Crippen molar-refractivity contribution in [1.82, 2.24) is 5.32 Å². The maximum atomic E-state index is 10.5. The van der Waals surface area contributed by atoms with Crippen molar-refractivity contribution in [2.75, 3.05) is 19.0 Å². The highest BCUT2D eigenvalue weighted by atomic mass is 16.2. The van der Waals surface area contributed by atoms with E-state index in [1.165, 1.54) is 0 Å². The number of benzene rings is 1. The van der Waals surface area contributed by atoms with Crippen LogP contribution < -0.4 is 16.0 Å². The van der Waals surface area contributed by atoms with Gasteiger partial charge < -0.3 is 16.0 Å². The predicted octanol–water partition coefficient (Wildman–Crippen LogP) is 0.921. The summed E-state index contributed by atoms with van der Waals surface area (Å²) >= 11 is 0. The van der Waals surface area contributed by atoms with E-state index in [0.717, 1.165) is 11.3 Å². The van der Waals surface area contributed by atoms with Crippen molar-refractivity contribution in [3.8, 4) is 0 Å². The second-order valence-corrected chi connectivity index (χ2v) is 3.28. The summed E-state index contributed by atoms with van der Waals surface area (Å²) in [5.41, 5.74) is 7.12. The predicted molar refractivity (Wildman–Crippen MR) is 57.2 cm³/mol. The lowest BCUT2D eigenvalue weighted by Crippen LogP contribution is -2.28. The maximum absolute atomic E-state index is 10.5. The summed E-state index contributed by atoms with van der Waals surface area (Å²) in [6.45, 7) is 0.469. The number of nitrogens with zero attached hydrogens (tertiary/aromatic N) is 1. The van der Waals surface area contributed by atoms with E-state index in [1.54, 1.807) is 0 Å². The summed E-state index contributed by atoms with van der Waals surface area (Å²) in [5.74, 6) is 0. The number of urea groups is 1. The molecule has 4 nitrogen and oxygen atoms in total. The van der Waals surface area contributed by atoms with Gasteiger partial charge in [0, 0.05) is 26.3 Å². The number of nitrogens with one attached hydrogen (secondary N) is 1. The first-order valence-corrected chi connectivity index (χ1v) is 4.39. The third kappa shape index (κ3) is 2.97. The zero-order chi connectivity index (χ0) is 10.6. The number of rotatable bonds is 3. The average Bonchev–Trinajstić information content (AvgIpc) is 2.15. The topological polar surface area (TPSA) is 58.4 Å². The van der Waals surface area contributed by atoms with Crippen LogP contribution in [0.5, 0.6) is 0 Å². The van der Waals surface area contributed by atoms with E-state index in [1.807, 2.05) is 43.3 Å². The molecule has 2 amide bonds. The molecular weight excluding hydrogens is 178 g/mol. The largest absolute Gasteiger partial charge is 0.378 e. The molecule has 1 aromatic rings. The molecule has 0 aromatic heterocycles. The molecule has 0 spiro atoms. The zero-order valence-corrected chi connectivity index (χ0v) is 8.45. The highest BCUT2D eigenvalue weighted by Gasteiger charge is 1.98. The Balaban J connectivity index is 2.68. The van der Waals surface area contributed by atoms with Gasteiger partial charge in [0.15, 0.2) is 0 Å². The van der Waals surface area contributed by atoms with Crippen molar-refractivity contribution in [2.45, 2.75) is 6.54 Å². The lowest BCUT2D eigenvalue weighted by atomic mass is 10.2. The Morgan fingerprint density at radius 2 is 2.21 bits per heavy atom. The van der Waals surface area contributed by atoms with Crippen LogP contribution in [0.1, 0.15) is 5.56 Å². The van der Waals surface area contributed by atoms with Crippen LogP contribution in [0.3, 0.4) is 0 Å². The third-order valence-electron chi connectivity index (χ3n) is 1.89. The van der Waals surface area contributed by atoms with Crippen LogP contribution >= 0.6 is 0 Å². The Hall–Kier alpha value is -1.71. The van der Waals surface area contributed by atoms with Gasteiger partial charge in [-0.2, -0.15) is 0 Å². The van der Waals surface area contributed by atoms with Crippen LogP contribution in [0, 0.1) is 0 Å². The minimum atomic E-state index is -0.500. The Morgan fingerprint density at radius 1 is 1.50 bits per heavy atom. The number of amides is 2. The second kappa shape index (κ2) is 4.50. The number of hydrogen-bond acceptors (Lipinski definition) is 2. The molecule has 3 N–H and O–H groups in total. The van der Waals surface area contributed by atoms with Crippen molar-refractivity contribution in [2.24, 2.45) is 5.73 Å². The number of carbonyl (C=O) groups is 1. The standard InChI is InChI=1S/C10H15N3O/c1-13(2)9-5-3-4-8(6-9)7-12-10(11)14/h3-6H,7H2,1-2H3,(H3,11,12,14). The lowest BCUT2D eigenvalue weighted by molar-refractivity contribution is 0.248. The molecule has 0 fully saturated rings. The van der Waals surface area contributed by atoms with Crippen molar-refractivity contribution in [3.63, 3.8) is 0 Å². The van der Waals surface area contributed by atoms with E-state index in [2.05, 4.69) is 5.32 Å². The van der Waals surface area contributed by atoms with Gasteiger partial charge in [-0.25, -0.2) is 4.79 Å². The van der Waals surface area contributed by atoms with Gasteiger partial charge in [0.25, 0.3) is 0 Å². The lowest BCUT2D eigenvalue weighted by Gasteiger charge is -2.13. The fourth-order valence-electron chi connectivity index (χ4n) is 1.13. The smallest absolute Gasteiger partial charge is 0.312 e. The number of anilines is 1. The summed E-state index contributed by atoms with van der Waals surface area (Å²) in [4.78, 5) is 12.5. The zero-order valence-electron chi connectivity index (χ0n) is 8.45. The molecule has 0 aliphatic heterocycles. The summed E-state index contributed by atoms with van der Waals surface area (Å²) < 4.78 is 0. The van der Waals surface area contributed by atoms with Crippen molar-refractivity contribution in [3.05, 3.63) is 29.8 Å². The second-order valence-electron chi connectivity index (χ2n) is 3.28. The summed E-state index contributed by atoms with van der Waals surface area (Å²) in [6.07, 6.45) is 0. The van der Waals surface area contributed by atoms with Gasteiger partial charge in [-0.3, -0.25) is 0 Å². The molecule has 0 radical (unpaired) electrons. The van der Waals surface area contributed by atoms with Crippen LogP contribution in [0.4, 0.5) is 10.5 Å². The Kier molecular flexibility index (Phi) is 3.34. The quantitative estimate of drug-likeness (QED) is 0.750. The highest BCUT2D eigenvalue weighted by molar-refractivity contribution is 5.71. The first-order valence-electron chi connectivity index (χ1n) is 4.39. The SMILES string of the molecule is CN(C)c1cccc(CNC(N)=O)c1. The number of nitrogens with two attached hydrogens (primary N) is 1. The molecule has 4 heteroatoms. The number of primary amides is 1. The van der Waals surface area contributed by atoms with E-state index in [4.69, 9.17) is 5.73 Å². The molecule has 0 unspecified atom stereocenters. The van der Waals surface area contributed by atoms with Crippen molar-refractivity contribution < 1.29 is 4.79 Å². The molecule has 0 heterocycles. The van der Waals surface area contributed by atoms with E-state index in [0.29, 0.717) is 6.54 Å². The molecule has 14 heavy (non-hydrogen) atoms. The average molecular weight is 193 g/mol. The summed E-state index contributed by atoms with van der Waals surface area (Å²) in [5, 5.41) is 2.55. The fourth-order valence-corrected chi connectivity index (χ4v) is 1.13. The van der Waals surface area contributed by atoms with Gasteiger partial charge in [0.05, 0.1) is 0 Å². The van der Waals surface area contributed by atoms with Crippen LogP contribution in [0.15, 0.2) is 24.3 Å². The van der Waals surface area contributed by atoms with E-state index < -0.39 is 6.03 Å². The van der Waals surface area contributed by atoms with Gasteiger partial charge in [-0.15, -0.1) is 0 Å². The third-order valence-corrected chi connectivity index (χ3v) is 1.89. The first-order chi connectivity index (χ1) is 6.59. The fraction of sp³-hybridized carbons (Fsp3) is 0.300. The molecule has 0 saturated carbocycles. The molecule has 76 valence electrons. The molecule has 0 bridgehead atoms. The van der Waals surface area contributed by atoms with Gasteiger partial charge in [0.1, 0.15) is 0 Å². The molecule has 0 atom stereocenters. The normalized spacial score (nSPS) is 9.57. The van der Waals surface area contributed by atoms with Crippen molar-refractivity contribution in [1.29, 1.82) is 0 Å². The molecule has 1 rings (SSSR count). The highest BCUT2D eigenvalue weighted by Crippen LogP contribution is 2.12. The minimum absolute atomic E-state index is 0.469. The Bertz CT molecular complexity index is 323. The van der Waals surface area contributed by atoms with Crippen LogP contribution in [-0.4, -0.2) is 20.1 Å². The Morgan fingerprint density at radius 3 is 2.79 bits per heavy atom.